The zero-order valence-corrected chi connectivity index (χ0v) is 10.9. The van der Waals surface area contributed by atoms with Gasteiger partial charge in [0.25, 0.3) is 0 Å². The molecule has 0 heterocycles. The first-order valence-corrected chi connectivity index (χ1v) is 7.56. The highest BCUT2D eigenvalue weighted by atomic mass is 32.2. The lowest BCUT2D eigenvalue weighted by molar-refractivity contribution is 0.587. The van der Waals surface area contributed by atoms with Gasteiger partial charge in [-0.05, 0) is 18.2 Å². The summed E-state index contributed by atoms with van der Waals surface area (Å²) in [6.45, 7) is 0.0330. The fraction of sp³-hybridized carbons (Fsp3) is 0.273. The van der Waals surface area contributed by atoms with E-state index in [1.54, 1.807) is 6.07 Å². The Morgan fingerprint density at radius 1 is 1.47 bits per heavy atom. The van der Waals surface area contributed by atoms with Gasteiger partial charge in [-0.2, -0.15) is 0 Å². The van der Waals surface area contributed by atoms with Gasteiger partial charge in [0, 0.05) is 16.3 Å². The molecule has 1 rings (SSSR count). The maximum absolute atomic E-state index is 11.4. The number of anilines is 1. The highest BCUT2D eigenvalue weighted by Crippen LogP contribution is 2.19. The van der Waals surface area contributed by atoms with Gasteiger partial charge in [-0.3, -0.25) is 0 Å². The summed E-state index contributed by atoms with van der Waals surface area (Å²) in [7, 11) is -3.27. The van der Waals surface area contributed by atoms with Crippen LogP contribution in [-0.4, -0.2) is 26.5 Å². The highest BCUT2D eigenvalue weighted by Gasteiger charge is 2.08. The average molecular weight is 270 g/mol. The second kappa shape index (κ2) is 6.55. The zero-order chi connectivity index (χ0) is 12.7. The summed E-state index contributed by atoms with van der Waals surface area (Å²) >= 11 is 1.44. The largest absolute Gasteiger partial charge is 0.399 e. The van der Waals surface area contributed by atoms with Crippen LogP contribution in [0.4, 0.5) is 5.69 Å². The Labute approximate surface area is 106 Å². The SMILES string of the molecule is C#CCNS(=O)(=O)CCSc1cccc(N)c1. The quantitative estimate of drug-likeness (QED) is 0.458. The van der Waals surface area contributed by atoms with Crippen molar-refractivity contribution in [3.63, 3.8) is 0 Å². The van der Waals surface area contributed by atoms with Crippen molar-refractivity contribution >= 4 is 27.5 Å². The average Bonchev–Trinajstić information content (AvgIpc) is 2.26. The fourth-order valence-electron chi connectivity index (χ4n) is 1.10. The van der Waals surface area contributed by atoms with Gasteiger partial charge >= 0.3 is 0 Å². The topological polar surface area (TPSA) is 72.2 Å². The van der Waals surface area contributed by atoms with Gasteiger partial charge in [0.05, 0.1) is 12.3 Å². The lowest BCUT2D eigenvalue weighted by Crippen LogP contribution is -2.27. The minimum Gasteiger partial charge on any atom is -0.399 e. The molecule has 6 heteroatoms. The number of hydrogen-bond donors (Lipinski definition) is 2. The molecule has 1 aromatic rings. The van der Waals surface area contributed by atoms with Crippen LogP contribution in [0.5, 0.6) is 0 Å². The predicted molar refractivity (Wildman–Crippen MR) is 72.2 cm³/mol. The van der Waals surface area contributed by atoms with Crippen LogP contribution in [0.1, 0.15) is 0 Å². The van der Waals surface area contributed by atoms with E-state index in [4.69, 9.17) is 12.2 Å². The summed E-state index contributed by atoms with van der Waals surface area (Å²) in [6.07, 6.45) is 4.98. The Bertz CT molecular complexity index is 506. The van der Waals surface area contributed by atoms with Crippen molar-refractivity contribution in [3.8, 4) is 12.3 Å². The number of nitrogens with one attached hydrogen (secondary N) is 1. The first kappa shape index (κ1) is 13.9. The van der Waals surface area contributed by atoms with E-state index in [0.29, 0.717) is 11.4 Å². The first-order valence-electron chi connectivity index (χ1n) is 4.92. The van der Waals surface area contributed by atoms with E-state index in [0.717, 1.165) is 4.90 Å². The molecule has 0 saturated heterocycles. The molecule has 0 amide bonds. The van der Waals surface area contributed by atoms with E-state index in [-0.39, 0.29) is 12.3 Å². The lowest BCUT2D eigenvalue weighted by Gasteiger charge is -2.04. The summed E-state index contributed by atoms with van der Waals surface area (Å²) in [5, 5.41) is 0. The van der Waals surface area contributed by atoms with E-state index >= 15 is 0 Å². The molecule has 0 saturated carbocycles. The predicted octanol–water partition coefficient (Wildman–Crippen LogP) is 0.914. The van der Waals surface area contributed by atoms with Crippen LogP contribution in [-0.2, 0) is 10.0 Å². The number of nitrogens with two attached hydrogens (primary N) is 1. The normalized spacial score (nSPS) is 11.0. The highest BCUT2D eigenvalue weighted by molar-refractivity contribution is 8.00. The summed E-state index contributed by atoms with van der Waals surface area (Å²) in [4.78, 5) is 0.956. The molecule has 0 unspecified atom stereocenters. The van der Waals surface area contributed by atoms with Crippen molar-refractivity contribution < 1.29 is 8.42 Å². The maximum Gasteiger partial charge on any atom is 0.213 e. The molecule has 17 heavy (non-hydrogen) atoms. The van der Waals surface area contributed by atoms with Crippen LogP contribution in [0, 0.1) is 12.3 Å². The number of hydrogen-bond acceptors (Lipinski definition) is 4. The van der Waals surface area contributed by atoms with Crippen LogP contribution < -0.4 is 10.5 Å². The monoisotopic (exact) mass is 270 g/mol. The second-order valence-electron chi connectivity index (χ2n) is 3.27. The van der Waals surface area contributed by atoms with Crippen molar-refractivity contribution in [3.05, 3.63) is 24.3 Å². The molecular formula is C11H14N2O2S2. The van der Waals surface area contributed by atoms with Crippen molar-refractivity contribution in [2.75, 3.05) is 23.8 Å². The molecule has 4 nitrogen and oxygen atoms in total. The van der Waals surface area contributed by atoms with Crippen LogP contribution in [0.2, 0.25) is 0 Å². The lowest BCUT2D eigenvalue weighted by atomic mass is 10.3. The van der Waals surface area contributed by atoms with E-state index < -0.39 is 10.0 Å². The Morgan fingerprint density at radius 2 is 2.24 bits per heavy atom. The molecule has 0 atom stereocenters. The zero-order valence-electron chi connectivity index (χ0n) is 9.22. The van der Waals surface area contributed by atoms with Crippen LogP contribution in [0.3, 0.4) is 0 Å². The molecule has 3 N–H and O–H groups in total. The molecule has 1 aromatic carbocycles. The number of nitrogen functional groups attached to an aromatic ring is 1. The molecule has 0 aliphatic rings. The Kier molecular flexibility index (Phi) is 5.35. The van der Waals surface area contributed by atoms with E-state index in [9.17, 15) is 8.42 Å². The van der Waals surface area contributed by atoms with Crippen molar-refractivity contribution in [1.29, 1.82) is 0 Å². The standard InChI is InChI=1S/C11H14N2O2S2/c1-2-6-13-17(14,15)8-7-16-11-5-3-4-10(12)9-11/h1,3-5,9,13H,6-8,12H2. The van der Waals surface area contributed by atoms with Gasteiger partial charge < -0.3 is 5.73 Å². The molecule has 0 bridgehead atoms. The maximum atomic E-state index is 11.4. The Balaban J connectivity index is 2.40. The molecule has 92 valence electrons. The van der Waals surface area contributed by atoms with Crippen molar-refractivity contribution in [2.45, 2.75) is 4.90 Å². The van der Waals surface area contributed by atoms with Gasteiger partial charge in [-0.1, -0.05) is 12.0 Å². The van der Waals surface area contributed by atoms with Crippen LogP contribution >= 0.6 is 11.8 Å². The van der Waals surface area contributed by atoms with Crippen molar-refractivity contribution in [2.24, 2.45) is 0 Å². The molecule has 0 fully saturated rings. The van der Waals surface area contributed by atoms with Crippen LogP contribution in [0.15, 0.2) is 29.2 Å². The Morgan fingerprint density at radius 3 is 2.88 bits per heavy atom. The van der Waals surface area contributed by atoms with E-state index in [1.807, 2.05) is 18.2 Å². The first-order chi connectivity index (χ1) is 8.03. The number of sulfonamides is 1. The number of benzene rings is 1. The van der Waals surface area contributed by atoms with E-state index in [1.165, 1.54) is 11.8 Å². The molecule has 0 aliphatic heterocycles. The molecule has 0 spiro atoms. The number of thioether (sulfide) groups is 1. The summed E-state index contributed by atoms with van der Waals surface area (Å²) < 4.78 is 25.1. The van der Waals surface area contributed by atoms with E-state index in [2.05, 4.69) is 10.6 Å². The fourth-order valence-corrected chi connectivity index (χ4v) is 3.39. The minimum atomic E-state index is -3.27. The summed E-state index contributed by atoms with van der Waals surface area (Å²) in [5.74, 6) is 2.72. The molecule has 0 aliphatic carbocycles. The van der Waals surface area contributed by atoms with Gasteiger partial charge in [0.15, 0.2) is 0 Å². The number of terminal acetylenes is 1. The third-order valence-corrected chi connectivity index (χ3v) is 4.45. The number of rotatable bonds is 6. The van der Waals surface area contributed by atoms with Gasteiger partial charge in [-0.25, -0.2) is 13.1 Å². The van der Waals surface area contributed by atoms with Crippen LogP contribution in [0.25, 0.3) is 0 Å². The third-order valence-electron chi connectivity index (χ3n) is 1.87. The van der Waals surface area contributed by atoms with Gasteiger partial charge in [0.1, 0.15) is 0 Å². The third kappa shape index (κ3) is 5.63. The minimum absolute atomic E-state index is 0.0330. The summed E-state index contributed by atoms with van der Waals surface area (Å²) in [6, 6.07) is 7.33. The molecule has 0 radical (unpaired) electrons. The molecular weight excluding hydrogens is 256 g/mol. The summed E-state index contributed by atoms with van der Waals surface area (Å²) in [5.41, 5.74) is 6.29. The second-order valence-corrected chi connectivity index (χ2v) is 6.36. The Hall–Kier alpha value is -1.16. The smallest absolute Gasteiger partial charge is 0.213 e. The van der Waals surface area contributed by atoms with Gasteiger partial charge in [0.2, 0.25) is 10.0 Å². The van der Waals surface area contributed by atoms with Gasteiger partial charge in [-0.15, -0.1) is 18.2 Å². The molecule has 0 aromatic heterocycles. The van der Waals surface area contributed by atoms with Crippen molar-refractivity contribution in [1.82, 2.24) is 4.72 Å².